The lowest BCUT2D eigenvalue weighted by Crippen LogP contribution is -2.53. The molecule has 6 nitrogen and oxygen atoms in total. The topological polar surface area (TPSA) is 67.9 Å². The van der Waals surface area contributed by atoms with Crippen molar-refractivity contribution in [1.29, 1.82) is 0 Å². The Morgan fingerprint density at radius 2 is 1.70 bits per heavy atom. The van der Waals surface area contributed by atoms with E-state index >= 15 is 0 Å². The molecule has 0 aliphatic rings. The fourth-order valence-electron chi connectivity index (χ4n) is 3.81. The Balaban J connectivity index is 2.25. The molecule has 0 aliphatic carbocycles. The van der Waals surface area contributed by atoms with E-state index in [1.54, 1.807) is 19.1 Å². The lowest BCUT2D eigenvalue weighted by molar-refractivity contribution is -0.142. The zero-order valence-electron chi connectivity index (χ0n) is 21.0. The molecule has 0 spiro atoms. The SMILES string of the molecule is CCC(C(=O)NC(C)(C)C)N(Cc1cccc(C)c1)C(=O)CCc1ccc(OC)c(OC)c1. The molecule has 0 heterocycles. The Kier molecular flexibility index (Phi) is 9.32. The molecule has 0 aromatic heterocycles. The zero-order chi connectivity index (χ0) is 24.6. The van der Waals surface area contributed by atoms with Gasteiger partial charge in [-0.2, -0.15) is 0 Å². The Bertz CT molecular complexity index is 949. The number of ether oxygens (including phenoxy) is 2. The van der Waals surface area contributed by atoms with Gasteiger partial charge in [-0.05, 0) is 63.8 Å². The van der Waals surface area contributed by atoms with Crippen molar-refractivity contribution in [3.8, 4) is 11.5 Å². The van der Waals surface area contributed by atoms with E-state index in [9.17, 15) is 9.59 Å². The number of amides is 2. The summed E-state index contributed by atoms with van der Waals surface area (Å²) in [5.74, 6) is 1.10. The van der Waals surface area contributed by atoms with Crippen molar-refractivity contribution >= 4 is 11.8 Å². The van der Waals surface area contributed by atoms with E-state index in [0.29, 0.717) is 37.3 Å². The summed E-state index contributed by atoms with van der Waals surface area (Å²) in [5, 5.41) is 3.04. The molecular weight excluding hydrogens is 416 g/mol. The minimum Gasteiger partial charge on any atom is -0.493 e. The highest BCUT2D eigenvalue weighted by molar-refractivity contribution is 5.88. The van der Waals surface area contributed by atoms with E-state index < -0.39 is 6.04 Å². The van der Waals surface area contributed by atoms with Gasteiger partial charge in [0.2, 0.25) is 11.8 Å². The van der Waals surface area contributed by atoms with E-state index in [4.69, 9.17) is 9.47 Å². The van der Waals surface area contributed by atoms with Crippen LogP contribution in [0.25, 0.3) is 0 Å². The highest BCUT2D eigenvalue weighted by atomic mass is 16.5. The van der Waals surface area contributed by atoms with E-state index in [-0.39, 0.29) is 17.4 Å². The average Bonchev–Trinajstić information content (AvgIpc) is 2.75. The first-order chi connectivity index (χ1) is 15.6. The van der Waals surface area contributed by atoms with Crippen LogP contribution in [0.2, 0.25) is 0 Å². The maximum Gasteiger partial charge on any atom is 0.243 e. The van der Waals surface area contributed by atoms with E-state index in [0.717, 1.165) is 16.7 Å². The third-order valence-electron chi connectivity index (χ3n) is 5.40. The van der Waals surface area contributed by atoms with Crippen LogP contribution in [0.4, 0.5) is 0 Å². The fourth-order valence-corrected chi connectivity index (χ4v) is 3.81. The molecule has 33 heavy (non-hydrogen) atoms. The molecule has 1 atom stereocenters. The highest BCUT2D eigenvalue weighted by Gasteiger charge is 2.30. The predicted octanol–water partition coefficient (Wildman–Crippen LogP) is 4.67. The summed E-state index contributed by atoms with van der Waals surface area (Å²) in [6, 6.07) is 13.2. The van der Waals surface area contributed by atoms with Crippen molar-refractivity contribution in [2.24, 2.45) is 0 Å². The van der Waals surface area contributed by atoms with Gasteiger partial charge in [-0.3, -0.25) is 9.59 Å². The van der Waals surface area contributed by atoms with Gasteiger partial charge < -0.3 is 19.7 Å². The van der Waals surface area contributed by atoms with Crippen LogP contribution in [-0.4, -0.2) is 42.5 Å². The molecule has 2 aromatic carbocycles. The van der Waals surface area contributed by atoms with Crippen molar-refractivity contribution in [1.82, 2.24) is 10.2 Å². The zero-order valence-corrected chi connectivity index (χ0v) is 21.0. The van der Waals surface area contributed by atoms with Crippen molar-refractivity contribution in [3.63, 3.8) is 0 Å². The summed E-state index contributed by atoms with van der Waals surface area (Å²) < 4.78 is 10.7. The second kappa shape index (κ2) is 11.7. The molecule has 2 amide bonds. The molecule has 0 radical (unpaired) electrons. The standard InChI is InChI=1S/C27H38N2O4/c1-8-22(26(31)28-27(3,4)5)29(18-21-11-9-10-19(2)16-21)25(30)15-13-20-12-14-23(32-6)24(17-20)33-7/h9-12,14,16-17,22H,8,13,15,18H2,1-7H3,(H,28,31). The lowest BCUT2D eigenvalue weighted by atomic mass is 10.0. The molecule has 0 saturated carbocycles. The number of nitrogens with one attached hydrogen (secondary N) is 1. The molecule has 0 aliphatic heterocycles. The quantitative estimate of drug-likeness (QED) is 0.567. The summed E-state index contributed by atoms with van der Waals surface area (Å²) in [5.41, 5.74) is 2.74. The van der Waals surface area contributed by atoms with Crippen molar-refractivity contribution in [2.45, 2.75) is 72.0 Å². The third kappa shape index (κ3) is 7.81. The molecule has 0 fully saturated rings. The van der Waals surface area contributed by atoms with Crippen molar-refractivity contribution in [2.75, 3.05) is 14.2 Å². The molecule has 0 bridgehead atoms. The summed E-state index contributed by atoms with van der Waals surface area (Å²) >= 11 is 0. The number of carbonyl (C=O) groups excluding carboxylic acids is 2. The maximum absolute atomic E-state index is 13.4. The number of carbonyl (C=O) groups is 2. The van der Waals surface area contributed by atoms with Gasteiger partial charge >= 0.3 is 0 Å². The van der Waals surface area contributed by atoms with Crippen molar-refractivity contribution in [3.05, 3.63) is 59.2 Å². The smallest absolute Gasteiger partial charge is 0.243 e. The summed E-state index contributed by atoms with van der Waals surface area (Å²) in [7, 11) is 3.19. The second-order valence-corrected chi connectivity index (χ2v) is 9.36. The number of rotatable bonds is 10. The van der Waals surface area contributed by atoms with Crippen LogP contribution >= 0.6 is 0 Å². The first kappa shape index (κ1) is 26.2. The molecule has 1 N–H and O–H groups in total. The minimum atomic E-state index is -0.539. The lowest BCUT2D eigenvalue weighted by Gasteiger charge is -2.33. The van der Waals surface area contributed by atoms with E-state index in [2.05, 4.69) is 11.4 Å². The normalized spacial score (nSPS) is 12.1. The summed E-state index contributed by atoms with van der Waals surface area (Å²) in [4.78, 5) is 28.2. The van der Waals surface area contributed by atoms with Gasteiger partial charge in [0.1, 0.15) is 6.04 Å². The first-order valence-electron chi connectivity index (χ1n) is 11.5. The monoisotopic (exact) mass is 454 g/mol. The predicted molar refractivity (Wildman–Crippen MR) is 132 cm³/mol. The molecule has 1 unspecified atom stereocenters. The van der Waals surface area contributed by atoms with Crippen LogP contribution in [0.3, 0.4) is 0 Å². The Morgan fingerprint density at radius 3 is 2.27 bits per heavy atom. The van der Waals surface area contributed by atoms with Crippen LogP contribution in [0.1, 0.15) is 57.2 Å². The third-order valence-corrected chi connectivity index (χ3v) is 5.40. The number of benzene rings is 2. The summed E-state index contributed by atoms with van der Waals surface area (Å²) in [6.45, 7) is 10.2. The van der Waals surface area contributed by atoms with Crippen LogP contribution < -0.4 is 14.8 Å². The fraction of sp³-hybridized carbons (Fsp3) is 0.481. The van der Waals surface area contributed by atoms with Crippen LogP contribution in [0.5, 0.6) is 11.5 Å². The second-order valence-electron chi connectivity index (χ2n) is 9.36. The van der Waals surface area contributed by atoms with Gasteiger partial charge in [0.15, 0.2) is 11.5 Å². The van der Waals surface area contributed by atoms with Crippen LogP contribution in [-0.2, 0) is 22.6 Å². The van der Waals surface area contributed by atoms with Gasteiger partial charge in [-0.25, -0.2) is 0 Å². The molecule has 2 aromatic rings. The number of aryl methyl sites for hydroxylation is 2. The first-order valence-corrected chi connectivity index (χ1v) is 11.5. The van der Waals surface area contributed by atoms with Gasteiger partial charge in [0, 0.05) is 18.5 Å². The van der Waals surface area contributed by atoms with Crippen molar-refractivity contribution < 1.29 is 19.1 Å². The maximum atomic E-state index is 13.4. The summed E-state index contributed by atoms with van der Waals surface area (Å²) in [6.07, 6.45) is 1.37. The number of nitrogens with zero attached hydrogens (tertiary/aromatic N) is 1. The molecule has 2 rings (SSSR count). The van der Waals surface area contributed by atoms with Gasteiger partial charge in [-0.1, -0.05) is 42.8 Å². The van der Waals surface area contributed by atoms with Gasteiger partial charge in [-0.15, -0.1) is 0 Å². The van der Waals surface area contributed by atoms with E-state index in [1.165, 1.54) is 0 Å². The van der Waals surface area contributed by atoms with Crippen LogP contribution in [0, 0.1) is 6.92 Å². The highest BCUT2D eigenvalue weighted by Crippen LogP contribution is 2.28. The minimum absolute atomic E-state index is 0.0535. The Morgan fingerprint density at radius 1 is 1.00 bits per heavy atom. The average molecular weight is 455 g/mol. The Labute approximate surface area is 198 Å². The number of hydrogen-bond acceptors (Lipinski definition) is 4. The molecule has 0 saturated heterocycles. The molecular formula is C27H38N2O4. The number of hydrogen-bond donors (Lipinski definition) is 1. The number of methoxy groups -OCH3 is 2. The van der Waals surface area contributed by atoms with E-state index in [1.807, 2.05) is 71.0 Å². The Hall–Kier alpha value is -3.02. The largest absolute Gasteiger partial charge is 0.493 e. The molecule has 180 valence electrons. The van der Waals surface area contributed by atoms with Gasteiger partial charge in [0.05, 0.1) is 14.2 Å². The molecule has 6 heteroatoms. The van der Waals surface area contributed by atoms with Crippen LogP contribution in [0.15, 0.2) is 42.5 Å². The van der Waals surface area contributed by atoms with Gasteiger partial charge in [0.25, 0.3) is 0 Å².